The molecule has 2 aromatic rings. The molecule has 7 heteroatoms. The number of nitrogens with one attached hydrogen (secondary N) is 1. The van der Waals surface area contributed by atoms with Crippen molar-refractivity contribution in [1.82, 2.24) is 0 Å². The van der Waals surface area contributed by atoms with Gasteiger partial charge in [-0.3, -0.25) is 14.4 Å². The number of carbonyl (C=O) groups is 3. The molecule has 0 saturated heterocycles. The fraction of sp³-hybridized carbons (Fsp3) is 0.250. The summed E-state index contributed by atoms with van der Waals surface area (Å²) < 4.78 is 5.25. The van der Waals surface area contributed by atoms with Gasteiger partial charge in [-0.1, -0.05) is 11.6 Å². The highest BCUT2D eigenvalue weighted by Crippen LogP contribution is 2.25. The Labute approximate surface area is 167 Å². The summed E-state index contributed by atoms with van der Waals surface area (Å²) in [5.41, 5.74) is 1.08. The maximum Gasteiger partial charge on any atom is 0.319 e. The Morgan fingerprint density at radius 3 is 2.15 bits per heavy atom. The van der Waals surface area contributed by atoms with Crippen LogP contribution >= 0.6 is 23.4 Å². The Balaban J connectivity index is 1.87. The number of anilines is 1. The fourth-order valence-electron chi connectivity index (χ4n) is 2.12. The molecule has 1 N–H and O–H groups in total. The number of esters is 1. The molecule has 0 spiro atoms. The monoisotopic (exact) mass is 405 g/mol. The lowest BCUT2D eigenvalue weighted by Gasteiger charge is -2.16. The molecular weight excluding hydrogens is 386 g/mol. The Morgan fingerprint density at radius 1 is 1.00 bits per heavy atom. The van der Waals surface area contributed by atoms with Crippen molar-refractivity contribution < 1.29 is 19.1 Å². The molecule has 0 heterocycles. The number of Topliss-reactive ketones (excluding diaryl/α,β-unsaturated/α-hetero) is 1. The van der Waals surface area contributed by atoms with Crippen LogP contribution in [0, 0.1) is 0 Å². The molecule has 0 aliphatic heterocycles. The van der Waals surface area contributed by atoms with Crippen molar-refractivity contribution in [2.45, 2.75) is 37.0 Å². The van der Waals surface area contributed by atoms with Gasteiger partial charge in [0.2, 0.25) is 0 Å². The predicted octanol–water partition coefficient (Wildman–Crippen LogP) is 4.59. The van der Waals surface area contributed by atoms with E-state index in [9.17, 15) is 14.4 Å². The van der Waals surface area contributed by atoms with E-state index in [1.807, 2.05) is 12.1 Å². The minimum absolute atomic E-state index is 0.0534. The van der Waals surface area contributed by atoms with E-state index in [0.29, 0.717) is 16.3 Å². The highest BCUT2D eigenvalue weighted by Gasteiger charge is 2.23. The van der Waals surface area contributed by atoms with Gasteiger partial charge >= 0.3 is 5.97 Å². The zero-order valence-corrected chi connectivity index (χ0v) is 16.8. The van der Waals surface area contributed by atoms with E-state index in [-0.39, 0.29) is 5.78 Å². The molecular formula is C20H20ClNO4S. The summed E-state index contributed by atoms with van der Waals surface area (Å²) in [7, 11) is 0. The topological polar surface area (TPSA) is 72.5 Å². The van der Waals surface area contributed by atoms with E-state index < -0.39 is 23.2 Å². The summed E-state index contributed by atoms with van der Waals surface area (Å²) in [6, 6.07) is 13.6. The van der Waals surface area contributed by atoms with Crippen molar-refractivity contribution >= 4 is 46.7 Å². The number of thioether (sulfide) groups is 1. The van der Waals surface area contributed by atoms with Crippen LogP contribution in [0.5, 0.6) is 0 Å². The number of ether oxygens (including phenoxy) is 1. The van der Waals surface area contributed by atoms with E-state index in [2.05, 4.69) is 5.32 Å². The van der Waals surface area contributed by atoms with Crippen molar-refractivity contribution in [3.8, 4) is 0 Å². The van der Waals surface area contributed by atoms with Crippen molar-refractivity contribution in [1.29, 1.82) is 0 Å². The highest BCUT2D eigenvalue weighted by molar-refractivity contribution is 8.00. The van der Waals surface area contributed by atoms with Gasteiger partial charge in [0.1, 0.15) is 5.25 Å². The molecule has 2 rings (SSSR count). The average molecular weight is 406 g/mol. The molecule has 0 saturated carbocycles. The standard InChI is InChI=1S/C20H20ClNO4S/c1-12(23)15-4-8-17(9-5-15)22-19(24)13(2)26-20(25)14(3)27-18-10-6-16(21)7-11-18/h4-11,13-14H,1-3H3,(H,22,24)/t13-,14-/m1/s1. The summed E-state index contributed by atoms with van der Waals surface area (Å²) in [4.78, 5) is 36.6. The number of amides is 1. The normalized spacial score (nSPS) is 12.7. The zero-order valence-electron chi connectivity index (χ0n) is 15.2. The molecule has 1 amide bonds. The van der Waals surface area contributed by atoms with Crippen LogP contribution in [0.25, 0.3) is 0 Å². The van der Waals surface area contributed by atoms with Crippen molar-refractivity contribution in [3.05, 3.63) is 59.1 Å². The summed E-state index contributed by atoms with van der Waals surface area (Å²) in [5, 5.41) is 2.80. The largest absolute Gasteiger partial charge is 0.452 e. The Morgan fingerprint density at radius 2 is 1.59 bits per heavy atom. The quantitative estimate of drug-likeness (QED) is 0.414. The van der Waals surface area contributed by atoms with Crippen LogP contribution in [0.15, 0.2) is 53.4 Å². The van der Waals surface area contributed by atoms with Gasteiger partial charge in [0.25, 0.3) is 5.91 Å². The van der Waals surface area contributed by atoms with E-state index in [1.165, 1.54) is 25.6 Å². The van der Waals surface area contributed by atoms with Gasteiger partial charge in [-0.2, -0.15) is 0 Å². The van der Waals surface area contributed by atoms with Crippen molar-refractivity contribution in [3.63, 3.8) is 0 Å². The van der Waals surface area contributed by atoms with Gasteiger partial charge in [0, 0.05) is 21.2 Å². The van der Waals surface area contributed by atoms with Crippen LogP contribution in [0.4, 0.5) is 5.69 Å². The number of hydrogen-bond donors (Lipinski definition) is 1. The second kappa shape index (κ2) is 9.58. The maximum absolute atomic E-state index is 12.2. The first kappa shape index (κ1) is 21.0. The molecule has 2 aromatic carbocycles. The fourth-order valence-corrected chi connectivity index (χ4v) is 3.10. The smallest absolute Gasteiger partial charge is 0.319 e. The second-order valence-corrected chi connectivity index (χ2v) is 7.77. The Hall–Kier alpha value is -2.31. The van der Waals surface area contributed by atoms with Crippen LogP contribution in [0.1, 0.15) is 31.1 Å². The van der Waals surface area contributed by atoms with Crippen LogP contribution in [0.3, 0.4) is 0 Å². The minimum Gasteiger partial charge on any atom is -0.452 e. The Kier molecular flexibility index (Phi) is 7.45. The van der Waals surface area contributed by atoms with Gasteiger partial charge in [0.05, 0.1) is 0 Å². The summed E-state index contributed by atoms with van der Waals surface area (Å²) in [6.45, 7) is 4.70. The molecule has 5 nitrogen and oxygen atoms in total. The van der Waals surface area contributed by atoms with Crippen LogP contribution in [-0.2, 0) is 14.3 Å². The van der Waals surface area contributed by atoms with Gasteiger partial charge in [-0.05, 0) is 69.3 Å². The molecule has 27 heavy (non-hydrogen) atoms. The molecule has 2 atom stereocenters. The summed E-state index contributed by atoms with van der Waals surface area (Å²) in [6.07, 6.45) is -0.946. The molecule has 0 aliphatic rings. The number of carbonyl (C=O) groups excluding carboxylic acids is 3. The predicted molar refractivity (Wildman–Crippen MR) is 107 cm³/mol. The van der Waals surface area contributed by atoms with Gasteiger partial charge < -0.3 is 10.1 Å². The molecule has 0 fully saturated rings. The van der Waals surface area contributed by atoms with E-state index in [0.717, 1.165) is 4.90 Å². The molecule has 0 bridgehead atoms. The van der Waals surface area contributed by atoms with Crippen molar-refractivity contribution in [2.24, 2.45) is 0 Å². The minimum atomic E-state index is -0.946. The van der Waals surface area contributed by atoms with E-state index in [1.54, 1.807) is 43.3 Å². The SMILES string of the molecule is CC(=O)c1ccc(NC(=O)[C@@H](C)OC(=O)[C@@H](C)Sc2ccc(Cl)cc2)cc1. The number of benzene rings is 2. The maximum atomic E-state index is 12.2. The molecule has 0 unspecified atom stereocenters. The number of ketones is 1. The zero-order chi connectivity index (χ0) is 20.0. The lowest BCUT2D eigenvalue weighted by molar-refractivity contribution is -0.152. The third-order valence-corrected chi connectivity index (χ3v) is 5.02. The molecule has 0 aliphatic carbocycles. The second-order valence-electron chi connectivity index (χ2n) is 5.92. The van der Waals surface area contributed by atoms with E-state index in [4.69, 9.17) is 16.3 Å². The third kappa shape index (κ3) is 6.41. The third-order valence-electron chi connectivity index (χ3n) is 3.68. The number of rotatable bonds is 7. The van der Waals surface area contributed by atoms with Crippen LogP contribution < -0.4 is 5.32 Å². The summed E-state index contributed by atoms with van der Waals surface area (Å²) >= 11 is 7.17. The highest BCUT2D eigenvalue weighted by atomic mass is 35.5. The Bertz CT molecular complexity index is 821. The van der Waals surface area contributed by atoms with Gasteiger partial charge in [-0.15, -0.1) is 11.8 Å². The molecule has 0 radical (unpaired) electrons. The number of hydrogen-bond acceptors (Lipinski definition) is 5. The lowest BCUT2D eigenvalue weighted by atomic mass is 10.1. The number of halogens is 1. The molecule has 0 aromatic heterocycles. The van der Waals surface area contributed by atoms with E-state index >= 15 is 0 Å². The van der Waals surface area contributed by atoms with Crippen LogP contribution in [-0.4, -0.2) is 29.0 Å². The molecule has 142 valence electrons. The average Bonchev–Trinajstić information content (AvgIpc) is 2.63. The first-order valence-corrected chi connectivity index (χ1v) is 9.56. The van der Waals surface area contributed by atoms with Gasteiger partial charge in [0.15, 0.2) is 11.9 Å². The first-order valence-electron chi connectivity index (χ1n) is 8.31. The summed E-state index contributed by atoms with van der Waals surface area (Å²) in [5.74, 6) is -0.977. The van der Waals surface area contributed by atoms with Gasteiger partial charge in [-0.25, -0.2) is 0 Å². The first-order chi connectivity index (χ1) is 12.8. The lowest BCUT2D eigenvalue weighted by Crippen LogP contribution is -2.32. The van der Waals surface area contributed by atoms with Crippen LogP contribution in [0.2, 0.25) is 5.02 Å². The van der Waals surface area contributed by atoms with Crippen molar-refractivity contribution in [2.75, 3.05) is 5.32 Å².